The Balaban J connectivity index is 1.62. The summed E-state index contributed by atoms with van der Waals surface area (Å²) < 4.78 is 1.36. The van der Waals surface area contributed by atoms with E-state index in [2.05, 4.69) is 20.4 Å². The minimum atomic E-state index is -0.156. The van der Waals surface area contributed by atoms with Gasteiger partial charge in [-0.2, -0.15) is 9.50 Å². The van der Waals surface area contributed by atoms with Gasteiger partial charge in [-0.25, -0.2) is 4.98 Å². The molecule has 4 aromatic rings. The van der Waals surface area contributed by atoms with Crippen LogP contribution in [-0.2, 0) is 13.0 Å². The molecule has 2 heterocycles. The first-order valence-corrected chi connectivity index (χ1v) is 9.47. The van der Waals surface area contributed by atoms with Gasteiger partial charge in [-0.05, 0) is 30.2 Å². The maximum atomic E-state index is 12.9. The van der Waals surface area contributed by atoms with Crippen molar-refractivity contribution in [3.05, 3.63) is 91.3 Å². The Morgan fingerprint density at radius 2 is 1.89 bits per heavy atom. The average molecular weight is 414 g/mol. The number of anilines is 1. The summed E-state index contributed by atoms with van der Waals surface area (Å²) in [6.07, 6.45) is 0.517. The Hall–Kier alpha value is -2.83. The summed E-state index contributed by atoms with van der Waals surface area (Å²) in [7, 11) is 0. The Kier molecular flexibility index (Phi) is 5.07. The smallest absolute Gasteiger partial charge is 0.277 e. The maximum Gasteiger partial charge on any atom is 0.277 e. The fourth-order valence-electron chi connectivity index (χ4n) is 2.98. The minimum absolute atomic E-state index is 0.156. The molecule has 0 bridgehead atoms. The molecule has 28 heavy (non-hydrogen) atoms. The van der Waals surface area contributed by atoms with Crippen LogP contribution in [0.25, 0.3) is 5.78 Å². The first-order valence-electron chi connectivity index (χ1n) is 8.71. The van der Waals surface area contributed by atoms with Crippen molar-refractivity contribution in [2.75, 3.05) is 5.32 Å². The zero-order chi connectivity index (χ0) is 19.7. The van der Waals surface area contributed by atoms with Crippen LogP contribution in [-0.4, -0.2) is 19.6 Å². The number of aromatic nitrogens is 4. The van der Waals surface area contributed by atoms with Crippen molar-refractivity contribution in [2.24, 2.45) is 0 Å². The van der Waals surface area contributed by atoms with Crippen LogP contribution in [0.15, 0.2) is 53.3 Å². The van der Waals surface area contributed by atoms with Gasteiger partial charge in [-0.3, -0.25) is 9.89 Å². The molecular formula is C20H17Cl2N5O. The standard InChI is InChI=1S/C20H17Cl2N5O/c1-12-16(9-13-5-3-2-4-6-13)18(28)27-20(24-12)25-19(26-27)23-11-14-7-8-15(21)10-17(14)22/h2-8,10H,9,11H2,1H3,(H2,23,24,25,26). The molecule has 0 aliphatic rings. The molecule has 0 saturated heterocycles. The molecule has 142 valence electrons. The van der Waals surface area contributed by atoms with Gasteiger partial charge in [0.05, 0.1) is 5.69 Å². The van der Waals surface area contributed by atoms with Crippen molar-refractivity contribution in [1.82, 2.24) is 19.6 Å². The number of benzene rings is 2. The van der Waals surface area contributed by atoms with Gasteiger partial charge in [0.1, 0.15) is 0 Å². The lowest BCUT2D eigenvalue weighted by Gasteiger charge is -2.05. The van der Waals surface area contributed by atoms with E-state index in [4.69, 9.17) is 23.2 Å². The summed E-state index contributed by atoms with van der Waals surface area (Å²) in [5.41, 5.74) is 3.08. The third kappa shape index (κ3) is 3.74. The second-order valence-corrected chi connectivity index (χ2v) is 7.28. The number of hydrogen-bond acceptors (Lipinski definition) is 4. The van der Waals surface area contributed by atoms with Gasteiger partial charge < -0.3 is 5.32 Å². The molecule has 6 nitrogen and oxygen atoms in total. The summed E-state index contributed by atoms with van der Waals surface area (Å²) in [5.74, 6) is 0.760. The summed E-state index contributed by atoms with van der Waals surface area (Å²) in [6, 6.07) is 15.1. The highest BCUT2D eigenvalue weighted by atomic mass is 35.5. The number of nitrogens with one attached hydrogen (secondary N) is 2. The normalized spacial score (nSPS) is 11.1. The van der Waals surface area contributed by atoms with Crippen molar-refractivity contribution in [3.63, 3.8) is 0 Å². The van der Waals surface area contributed by atoms with Crippen molar-refractivity contribution in [3.8, 4) is 0 Å². The van der Waals surface area contributed by atoms with Gasteiger partial charge >= 0.3 is 0 Å². The van der Waals surface area contributed by atoms with Crippen molar-refractivity contribution >= 4 is 34.9 Å². The molecule has 8 heteroatoms. The van der Waals surface area contributed by atoms with Gasteiger partial charge in [-0.15, -0.1) is 0 Å². The van der Waals surface area contributed by atoms with Crippen LogP contribution in [0.2, 0.25) is 10.0 Å². The highest BCUT2D eigenvalue weighted by Crippen LogP contribution is 2.21. The lowest BCUT2D eigenvalue weighted by molar-refractivity contribution is 0.857. The van der Waals surface area contributed by atoms with E-state index in [1.54, 1.807) is 12.1 Å². The number of rotatable bonds is 5. The lowest BCUT2D eigenvalue weighted by atomic mass is 10.1. The third-order valence-electron chi connectivity index (χ3n) is 4.48. The number of hydrogen-bond donors (Lipinski definition) is 2. The first kappa shape index (κ1) is 18.5. The molecule has 2 N–H and O–H groups in total. The van der Waals surface area contributed by atoms with Crippen LogP contribution in [0.1, 0.15) is 22.4 Å². The fourth-order valence-corrected chi connectivity index (χ4v) is 3.46. The number of H-pyrrole nitrogens is 1. The SMILES string of the molecule is Cc1nc2nc(NCc3ccc(Cl)cc3Cl)[nH]n2c(=O)c1Cc1ccccc1. The molecule has 4 rings (SSSR count). The van der Waals surface area contributed by atoms with E-state index in [1.807, 2.05) is 43.3 Å². The second-order valence-electron chi connectivity index (χ2n) is 6.44. The number of aromatic amines is 1. The Labute approximate surface area is 171 Å². The number of fused-ring (bicyclic) bond motifs is 1. The van der Waals surface area contributed by atoms with E-state index < -0.39 is 0 Å². The van der Waals surface area contributed by atoms with Gasteiger partial charge in [0.25, 0.3) is 11.3 Å². The molecular weight excluding hydrogens is 397 g/mol. The summed E-state index contributed by atoms with van der Waals surface area (Å²) in [5, 5.41) is 7.24. The number of halogens is 2. The largest absolute Gasteiger partial charge is 0.350 e. The van der Waals surface area contributed by atoms with E-state index in [1.165, 1.54) is 4.52 Å². The van der Waals surface area contributed by atoms with Crippen molar-refractivity contribution < 1.29 is 0 Å². The fraction of sp³-hybridized carbons (Fsp3) is 0.150. The topological polar surface area (TPSA) is 75.1 Å². The molecule has 2 aromatic carbocycles. The van der Waals surface area contributed by atoms with Crippen LogP contribution in [0, 0.1) is 6.92 Å². The van der Waals surface area contributed by atoms with Gasteiger partial charge in [0.2, 0.25) is 5.95 Å². The third-order valence-corrected chi connectivity index (χ3v) is 5.07. The van der Waals surface area contributed by atoms with Crippen LogP contribution < -0.4 is 10.9 Å². The zero-order valence-electron chi connectivity index (χ0n) is 15.0. The van der Waals surface area contributed by atoms with E-state index in [9.17, 15) is 4.79 Å². The maximum absolute atomic E-state index is 12.9. The molecule has 0 aliphatic carbocycles. The molecule has 2 aromatic heterocycles. The molecule has 0 aliphatic heterocycles. The van der Waals surface area contributed by atoms with Crippen molar-refractivity contribution in [2.45, 2.75) is 19.9 Å². The van der Waals surface area contributed by atoms with Crippen molar-refractivity contribution in [1.29, 1.82) is 0 Å². The Morgan fingerprint density at radius 3 is 2.64 bits per heavy atom. The quantitative estimate of drug-likeness (QED) is 0.513. The molecule has 0 saturated carbocycles. The van der Waals surface area contributed by atoms with E-state index in [0.717, 1.165) is 11.1 Å². The molecule has 0 spiro atoms. The van der Waals surface area contributed by atoms with Gasteiger partial charge in [0, 0.05) is 28.6 Å². The van der Waals surface area contributed by atoms with E-state index >= 15 is 0 Å². The molecule has 0 unspecified atom stereocenters. The van der Waals surface area contributed by atoms with Gasteiger partial charge in [0.15, 0.2) is 0 Å². The van der Waals surface area contributed by atoms with E-state index in [0.29, 0.717) is 46.0 Å². The van der Waals surface area contributed by atoms with E-state index in [-0.39, 0.29) is 5.56 Å². The summed E-state index contributed by atoms with van der Waals surface area (Å²) in [4.78, 5) is 21.8. The molecule has 0 amide bonds. The molecule has 0 fully saturated rings. The van der Waals surface area contributed by atoms with Crippen LogP contribution >= 0.6 is 23.2 Å². The van der Waals surface area contributed by atoms with Crippen LogP contribution in [0.3, 0.4) is 0 Å². The van der Waals surface area contributed by atoms with Crippen LogP contribution in [0.5, 0.6) is 0 Å². The molecule has 0 atom stereocenters. The Morgan fingerprint density at radius 1 is 1.11 bits per heavy atom. The lowest BCUT2D eigenvalue weighted by Crippen LogP contribution is -2.22. The minimum Gasteiger partial charge on any atom is -0.350 e. The van der Waals surface area contributed by atoms with Gasteiger partial charge in [-0.1, -0.05) is 59.6 Å². The predicted octanol–water partition coefficient (Wildman–Crippen LogP) is 4.24. The number of nitrogens with zero attached hydrogens (tertiary/aromatic N) is 3. The van der Waals surface area contributed by atoms with Crippen LogP contribution in [0.4, 0.5) is 5.95 Å². The Bertz CT molecular complexity index is 1200. The highest BCUT2D eigenvalue weighted by Gasteiger charge is 2.14. The average Bonchev–Trinajstić information content (AvgIpc) is 3.08. The highest BCUT2D eigenvalue weighted by molar-refractivity contribution is 6.35. The zero-order valence-corrected chi connectivity index (χ0v) is 16.6. The summed E-state index contributed by atoms with van der Waals surface area (Å²) >= 11 is 12.1. The predicted molar refractivity (Wildman–Crippen MR) is 111 cm³/mol. The number of aryl methyl sites for hydroxylation is 1. The first-order chi connectivity index (χ1) is 13.5. The molecule has 0 radical (unpaired) electrons. The second kappa shape index (κ2) is 7.66. The summed E-state index contributed by atoms with van der Waals surface area (Å²) in [6.45, 7) is 2.26. The monoisotopic (exact) mass is 413 g/mol.